The van der Waals surface area contributed by atoms with Gasteiger partial charge in [-0.1, -0.05) is 30.3 Å². The molecule has 2 aromatic carbocycles. The van der Waals surface area contributed by atoms with Crippen LogP contribution in [0.5, 0.6) is 0 Å². The van der Waals surface area contributed by atoms with E-state index in [0.29, 0.717) is 10.9 Å². The summed E-state index contributed by atoms with van der Waals surface area (Å²) in [5.41, 5.74) is 0.368. The van der Waals surface area contributed by atoms with E-state index in [0.717, 1.165) is 0 Å². The SMILES string of the molecule is CCO[P@@](=O)(c1ccccc1)[C@@H](O)c1ccc(F)cc1. The van der Waals surface area contributed by atoms with Gasteiger partial charge in [0.05, 0.1) is 6.61 Å². The van der Waals surface area contributed by atoms with Crippen LogP contribution in [0.25, 0.3) is 0 Å². The van der Waals surface area contributed by atoms with Crippen molar-refractivity contribution in [3.63, 3.8) is 0 Å². The molecule has 106 valence electrons. The predicted octanol–water partition coefficient (Wildman–Crippen LogP) is 3.46. The topological polar surface area (TPSA) is 46.5 Å². The molecule has 0 aromatic heterocycles. The summed E-state index contributed by atoms with van der Waals surface area (Å²) in [6, 6.07) is 13.8. The molecule has 0 saturated heterocycles. The van der Waals surface area contributed by atoms with Gasteiger partial charge in [0, 0.05) is 5.30 Å². The van der Waals surface area contributed by atoms with E-state index in [9.17, 15) is 14.1 Å². The molecule has 3 nitrogen and oxygen atoms in total. The molecule has 0 fully saturated rings. The summed E-state index contributed by atoms with van der Waals surface area (Å²) in [6.45, 7) is 1.93. The number of aliphatic hydroxyl groups is 1. The van der Waals surface area contributed by atoms with Gasteiger partial charge in [0.2, 0.25) is 0 Å². The van der Waals surface area contributed by atoms with Gasteiger partial charge in [0.25, 0.3) is 7.37 Å². The molecule has 0 aliphatic heterocycles. The molecule has 0 aliphatic carbocycles. The monoisotopic (exact) mass is 294 g/mol. The lowest BCUT2D eigenvalue weighted by Crippen LogP contribution is -2.14. The molecule has 0 unspecified atom stereocenters. The third-order valence-electron chi connectivity index (χ3n) is 2.93. The first-order valence-corrected chi connectivity index (χ1v) is 8.00. The molecule has 0 bridgehead atoms. The molecule has 2 aromatic rings. The van der Waals surface area contributed by atoms with Gasteiger partial charge in [0.15, 0.2) is 5.85 Å². The lowest BCUT2D eigenvalue weighted by molar-refractivity contribution is 0.218. The fourth-order valence-electron chi connectivity index (χ4n) is 1.95. The van der Waals surface area contributed by atoms with Crippen LogP contribution < -0.4 is 5.30 Å². The fraction of sp³-hybridized carbons (Fsp3) is 0.200. The molecule has 20 heavy (non-hydrogen) atoms. The first kappa shape index (κ1) is 14.9. The van der Waals surface area contributed by atoms with Gasteiger partial charge in [-0.25, -0.2) is 4.39 Å². The number of hydrogen-bond acceptors (Lipinski definition) is 3. The van der Waals surface area contributed by atoms with E-state index in [1.54, 1.807) is 37.3 Å². The molecule has 1 N–H and O–H groups in total. The zero-order chi connectivity index (χ0) is 14.6. The van der Waals surface area contributed by atoms with Gasteiger partial charge in [-0.15, -0.1) is 0 Å². The van der Waals surface area contributed by atoms with Crippen molar-refractivity contribution in [3.05, 3.63) is 66.0 Å². The van der Waals surface area contributed by atoms with Crippen molar-refractivity contribution in [1.82, 2.24) is 0 Å². The summed E-state index contributed by atoms with van der Waals surface area (Å²) in [5.74, 6) is -1.72. The van der Waals surface area contributed by atoms with Gasteiger partial charge in [-0.2, -0.15) is 0 Å². The number of halogens is 1. The van der Waals surface area contributed by atoms with Crippen LogP contribution >= 0.6 is 7.37 Å². The lowest BCUT2D eigenvalue weighted by atomic mass is 10.2. The van der Waals surface area contributed by atoms with Crippen molar-refractivity contribution in [2.75, 3.05) is 6.61 Å². The number of aliphatic hydroxyl groups excluding tert-OH is 1. The summed E-state index contributed by atoms with van der Waals surface area (Å²) in [7, 11) is -3.47. The number of hydrogen-bond donors (Lipinski definition) is 1. The molecule has 5 heteroatoms. The molecular formula is C15H16FO3P. The van der Waals surface area contributed by atoms with Gasteiger partial charge < -0.3 is 9.63 Å². The highest BCUT2D eigenvalue weighted by molar-refractivity contribution is 7.67. The van der Waals surface area contributed by atoms with Gasteiger partial charge in [-0.3, -0.25) is 4.57 Å². The molecule has 2 atom stereocenters. The minimum Gasteiger partial charge on any atom is -0.378 e. The Balaban J connectivity index is 2.42. The van der Waals surface area contributed by atoms with E-state index in [4.69, 9.17) is 4.52 Å². The minimum absolute atomic E-state index is 0.213. The second-order valence-corrected chi connectivity index (χ2v) is 6.73. The minimum atomic E-state index is -3.47. The van der Waals surface area contributed by atoms with Crippen LogP contribution in [0.4, 0.5) is 4.39 Å². The first-order chi connectivity index (χ1) is 9.58. The second-order valence-electron chi connectivity index (χ2n) is 4.28. The summed E-state index contributed by atoms with van der Waals surface area (Å²) in [5, 5.41) is 10.8. The first-order valence-electron chi connectivity index (χ1n) is 6.31. The van der Waals surface area contributed by atoms with Crippen molar-refractivity contribution in [1.29, 1.82) is 0 Å². The highest BCUT2D eigenvalue weighted by Crippen LogP contribution is 2.57. The standard InChI is InChI=1S/C15H16FO3P/c1-2-19-20(18,14-6-4-3-5-7-14)15(17)12-8-10-13(16)11-9-12/h3-11,15,17H,2H2,1H3/t15-,20+/m1/s1. The third kappa shape index (κ3) is 2.98. The normalized spacial score (nSPS) is 15.6. The van der Waals surface area contributed by atoms with Crippen molar-refractivity contribution in [3.8, 4) is 0 Å². The van der Waals surface area contributed by atoms with E-state index in [1.165, 1.54) is 24.3 Å². The zero-order valence-electron chi connectivity index (χ0n) is 11.1. The zero-order valence-corrected chi connectivity index (χ0v) is 12.0. The van der Waals surface area contributed by atoms with Gasteiger partial charge in [-0.05, 0) is 36.8 Å². The van der Waals surface area contributed by atoms with E-state index in [2.05, 4.69) is 0 Å². The predicted molar refractivity (Wildman–Crippen MR) is 76.7 cm³/mol. The smallest absolute Gasteiger partial charge is 0.264 e. The van der Waals surface area contributed by atoms with Crippen LogP contribution in [0.1, 0.15) is 18.3 Å². The highest BCUT2D eigenvalue weighted by Gasteiger charge is 2.35. The Morgan fingerprint density at radius 1 is 1.15 bits per heavy atom. The molecule has 0 saturated carbocycles. The average Bonchev–Trinajstić information content (AvgIpc) is 2.48. The summed E-state index contributed by atoms with van der Waals surface area (Å²) >= 11 is 0. The summed E-state index contributed by atoms with van der Waals surface area (Å²) in [4.78, 5) is 0. The lowest BCUT2D eigenvalue weighted by Gasteiger charge is -2.23. The largest absolute Gasteiger partial charge is 0.378 e. The maximum absolute atomic E-state index is 13.0. The Morgan fingerprint density at radius 3 is 2.30 bits per heavy atom. The summed E-state index contributed by atoms with van der Waals surface area (Å²) in [6.07, 6.45) is 0. The molecule has 0 aliphatic rings. The van der Waals surface area contributed by atoms with E-state index >= 15 is 0 Å². The van der Waals surface area contributed by atoms with Crippen molar-refractivity contribution in [2.24, 2.45) is 0 Å². The van der Waals surface area contributed by atoms with Crippen LogP contribution in [-0.4, -0.2) is 11.7 Å². The van der Waals surface area contributed by atoms with Crippen LogP contribution in [0, 0.1) is 5.82 Å². The van der Waals surface area contributed by atoms with Crippen molar-refractivity contribution < 1.29 is 18.6 Å². The molecule has 0 spiro atoms. The number of benzene rings is 2. The Kier molecular flexibility index (Phi) is 4.71. The maximum Gasteiger partial charge on any atom is 0.264 e. The van der Waals surface area contributed by atoms with Crippen molar-refractivity contribution >= 4 is 12.7 Å². The molecule has 0 amide bonds. The second kappa shape index (κ2) is 6.31. The highest BCUT2D eigenvalue weighted by atomic mass is 31.2. The quantitative estimate of drug-likeness (QED) is 0.859. The Bertz CT molecular complexity index is 598. The van der Waals surface area contributed by atoms with Gasteiger partial charge in [0.1, 0.15) is 5.82 Å². The average molecular weight is 294 g/mol. The van der Waals surface area contributed by atoms with Crippen LogP contribution in [0.3, 0.4) is 0 Å². The van der Waals surface area contributed by atoms with E-state index < -0.39 is 19.0 Å². The Hall–Kier alpha value is -1.48. The molecule has 0 radical (unpaired) electrons. The summed E-state index contributed by atoms with van der Waals surface area (Å²) < 4.78 is 31.3. The maximum atomic E-state index is 13.0. The van der Waals surface area contributed by atoms with Crippen LogP contribution in [0.15, 0.2) is 54.6 Å². The van der Waals surface area contributed by atoms with E-state index in [1.807, 2.05) is 0 Å². The number of rotatable bonds is 5. The third-order valence-corrected chi connectivity index (χ3v) is 5.53. The Labute approximate surface area is 117 Å². The molecule has 0 heterocycles. The molecule has 2 rings (SSSR count). The van der Waals surface area contributed by atoms with E-state index in [-0.39, 0.29) is 6.61 Å². The van der Waals surface area contributed by atoms with Crippen molar-refractivity contribution in [2.45, 2.75) is 12.8 Å². The fourth-order valence-corrected chi connectivity index (χ4v) is 4.05. The van der Waals surface area contributed by atoms with Gasteiger partial charge >= 0.3 is 0 Å². The molecular weight excluding hydrogens is 278 g/mol. The van der Waals surface area contributed by atoms with Crippen LogP contribution in [-0.2, 0) is 9.09 Å². The Morgan fingerprint density at radius 2 is 1.75 bits per heavy atom. The van der Waals surface area contributed by atoms with Crippen LogP contribution in [0.2, 0.25) is 0 Å².